The zero-order chi connectivity index (χ0) is 25.9. The number of aromatic nitrogens is 2. The largest absolute Gasteiger partial charge is 0.385 e. The van der Waals surface area contributed by atoms with Gasteiger partial charge in [-0.25, -0.2) is 4.98 Å². The van der Waals surface area contributed by atoms with E-state index in [-0.39, 0.29) is 43.1 Å². The molecule has 2 atom stereocenters. The number of imide groups is 1. The Morgan fingerprint density at radius 3 is 2.72 bits per heavy atom. The van der Waals surface area contributed by atoms with Gasteiger partial charge in [0.25, 0.3) is 0 Å². The lowest BCUT2D eigenvalue weighted by molar-refractivity contribution is -0.141. The van der Waals surface area contributed by atoms with Crippen LogP contribution >= 0.6 is 0 Å². The van der Waals surface area contributed by atoms with Gasteiger partial charge in [0.1, 0.15) is 5.82 Å². The van der Waals surface area contributed by atoms with Crippen molar-refractivity contribution in [2.24, 2.45) is 0 Å². The predicted octanol–water partition coefficient (Wildman–Crippen LogP) is 3.87. The van der Waals surface area contributed by atoms with E-state index >= 15 is 0 Å². The van der Waals surface area contributed by atoms with Crippen molar-refractivity contribution in [3.63, 3.8) is 0 Å². The highest BCUT2D eigenvalue weighted by Gasteiger charge is 2.54. The van der Waals surface area contributed by atoms with Crippen LogP contribution in [0.2, 0.25) is 0 Å². The topological polar surface area (TPSA) is 104 Å². The number of likely N-dealkylation sites (tertiary alicyclic amines) is 1. The molecule has 8 nitrogen and oxygen atoms in total. The average Bonchev–Trinajstić information content (AvgIpc) is 3.37. The van der Waals surface area contributed by atoms with Crippen LogP contribution in [-0.4, -0.2) is 52.9 Å². The van der Waals surface area contributed by atoms with Gasteiger partial charge in [0, 0.05) is 33.1 Å². The Morgan fingerprint density at radius 2 is 2.00 bits per heavy atom. The molecule has 2 aromatic carbocycles. The molecule has 0 saturated carbocycles. The molecule has 2 heterocycles. The number of nitrogens with zero attached hydrogens (tertiary/aromatic N) is 2. The summed E-state index contributed by atoms with van der Waals surface area (Å²) in [6.07, 6.45) is 1.03. The van der Waals surface area contributed by atoms with Crippen LogP contribution in [0.25, 0.3) is 11.0 Å². The standard InChI is InChI=1S/C28H34N4O4/c1-5-21(26-30-22-12-11-18(2)15-23(22)31-26)29-24(33)16-28(20-10-7-6-9-19(20)3)17-25(34)32(27(28)35)13-8-14-36-4/h6-7,9-12,15,21H,5,8,13-14,16-17H2,1-4H3,(H,29,33)(H,30,31)/t21-,28-/m1/s1. The molecule has 1 aliphatic heterocycles. The highest BCUT2D eigenvalue weighted by atomic mass is 16.5. The Hall–Kier alpha value is -3.52. The smallest absolute Gasteiger partial charge is 0.240 e. The molecule has 1 fully saturated rings. The van der Waals surface area contributed by atoms with Crippen LogP contribution in [0, 0.1) is 13.8 Å². The number of carbonyl (C=O) groups is 3. The molecular weight excluding hydrogens is 456 g/mol. The Kier molecular flexibility index (Phi) is 7.54. The van der Waals surface area contributed by atoms with E-state index in [0.29, 0.717) is 25.3 Å². The van der Waals surface area contributed by atoms with Crippen molar-refractivity contribution < 1.29 is 19.1 Å². The van der Waals surface area contributed by atoms with Crippen molar-refractivity contribution >= 4 is 28.8 Å². The first-order valence-electron chi connectivity index (χ1n) is 12.4. The molecule has 190 valence electrons. The van der Waals surface area contributed by atoms with Crippen LogP contribution in [0.4, 0.5) is 0 Å². The summed E-state index contributed by atoms with van der Waals surface area (Å²) in [4.78, 5) is 49.5. The minimum Gasteiger partial charge on any atom is -0.385 e. The van der Waals surface area contributed by atoms with Gasteiger partial charge in [-0.05, 0) is 55.5 Å². The van der Waals surface area contributed by atoms with Crippen molar-refractivity contribution in [1.82, 2.24) is 20.2 Å². The molecule has 1 aromatic heterocycles. The van der Waals surface area contributed by atoms with Gasteiger partial charge < -0.3 is 15.0 Å². The number of H-pyrrole nitrogens is 1. The number of aromatic amines is 1. The first-order chi connectivity index (χ1) is 17.3. The Bertz CT molecular complexity index is 1280. The Morgan fingerprint density at radius 1 is 1.22 bits per heavy atom. The number of hydrogen-bond donors (Lipinski definition) is 2. The third-order valence-electron chi connectivity index (χ3n) is 6.99. The number of benzene rings is 2. The fourth-order valence-electron chi connectivity index (χ4n) is 5.14. The monoisotopic (exact) mass is 490 g/mol. The fourth-order valence-corrected chi connectivity index (χ4v) is 5.14. The van der Waals surface area contributed by atoms with Gasteiger partial charge in [0.2, 0.25) is 17.7 Å². The van der Waals surface area contributed by atoms with Gasteiger partial charge >= 0.3 is 0 Å². The number of ether oxygens (including phenoxy) is 1. The molecule has 4 rings (SSSR count). The van der Waals surface area contributed by atoms with E-state index in [1.165, 1.54) is 4.90 Å². The molecule has 3 amide bonds. The lowest BCUT2D eigenvalue weighted by Gasteiger charge is -2.29. The molecular formula is C28H34N4O4. The maximum Gasteiger partial charge on any atom is 0.240 e. The molecule has 8 heteroatoms. The van der Waals surface area contributed by atoms with E-state index in [4.69, 9.17) is 4.74 Å². The molecule has 0 unspecified atom stereocenters. The normalized spacial score (nSPS) is 18.7. The summed E-state index contributed by atoms with van der Waals surface area (Å²) in [6, 6.07) is 13.1. The highest BCUT2D eigenvalue weighted by Crippen LogP contribution is 2.41. The number of fused-ring (bicyclic) bond motifs is 1. The van der Waals surface area contributed by atoms with Crippen LogP contribution in [0.3, 0.4) is 0 Å². The maximum atomic E-state index is 13.8. The highest BCUT2D eigenvalue weighted by molar-refractivity contribution is 6.11. The summed E-state index contributed by atoms with van der Waals surface area (Å²) in [5, 5.41) is 3.07. The van der Waals surface area contributed by atoms with E-state index in [2.05, 4.69) is 15.3 Å². The van der Waals surface area contributed by atoms with Gasteiger partial charge in [-0.15, -0.1) is 0 Å². The zero-order valence-corrected chi connectivity index (χ0v) is 21.4. The van der Waals surface area contributed by atoms with E-state index in [1.807, 2.05) is 63.2 Å². The summed E-state index contributed by atoms with van der Waals surface area (Å²) in [6.45, 7) is 6.62. The summed E-state index contributed by atoms with van der Waals surface area (Å²) in [7, 11) is 1.59. The van der Waals surface area contributed by atoms with Gasteiger partial charge in [0.05, 0.1) is 22.5 Å². The van der Waals surface area contributed by atoms with Crippen LogP contribution < -0.4 is 5.32 Å². The number of nitrogens with one attached hydrogen (secondary N) is 2. The molecule has 1 aliphatic rings. The van der Waals surface area contributed by atoms with Crippen molar-refractivity contribution in [1.29, 1.82) is 0 Å². The van der Waals surface area contributed by atoms with Crippen molar-refractivity contribution in [2.75, 3.05) is 20.3 Å². The van der Waals surface area contributed by atoms with Crippen LogP contribution in [-0.2, 0) is 24.5 Å². The maximum absolute atomic E-state index is 13.8. The second-order valence-electron chi connectivity index (χ2n) is 9.62. The van der Waals surface area contributed by atoms with Gasteiger partial charge in [0.15, 0.2) is 0 Å². The van der Waals surface area contributed by atoms with Crippen LogP contribution in [0.15, 0.2) is 42.5 Å². The third-order valence-corrected chi connectivity index (χ3v) is 6.99. The summed E-state index contributed by atoms with van der Waals surface area (Å²) < 4.78 is 5.10. The summed E-state index contributed by atoms with van der Waals surface area (Å²) >= 11 is 0. The first kappa shape index (κ1) is 25.6. The quantitative estimate of drug-likeness (QED) is 0.332. The lowest BCUT2D eigenvalue weighted by atomic mass is 9.74. The van der Waals surface area contributed by atoms with Crippen molar-refractivity contribution in [3.8, 4) is 0 Å². The van der Waals surface area contributed by atoms with E-state index in [1.54, 1.807) is 7.11 Å². The lowest BCUT2D eigenvalue weighted by Crippen LogP contribution is -2.43. The molecule has 1 saturated heterocycles. The zero-order valence-electron chi connectivity index (χ0n) is 21.4. The number of amides is 3. The molecule has 0 bridgehead atoms. The average molecular weight is 491 g/mol. The number of hydrogen-bond acceptors (Lipinski definition) is 5. The Labute approximate surface area is 211 Å². The van der Waals surface area contributed by atoms with Crippen LogP contribution in [0.5, 0.6) is 0 Å². The SMILES string of the molecule is CC[C@@H](NC(=O)C[C@]1(c2ccccc2C)CC(=O)N(CCCOC)C1=O)c1nc2ccc(C)cc2[nH]1. The second-order valence-corrected chi connectivity index (χ2v) is 9.62. The fraction of sp³-hybridized carbons (Fsp3) is 0.429. The van der Waals surface area contributed by atoms with Crippen molar-refractivity contribution in [3.05, 3.63) is 65.0 Å². The first-order valence-corrected chi connectivity index (χ1v) is 12.4. The van der Waals surface area contributed by atoms with E-state index in [0.717, 1.165) is 27.7 Å². The number of aryl methyl sites for hydroxylation is 2. The molecule has 0 spiro atoms. The van der Waals surface area contributed by atoms with E-state index < -0.39 is 5.41 Å². The Balaban J connectivity index is 1.61. The molecule has 0 aliphatic carbocycles. The molecule has 0 radical (unpaired) electrons. The second kappa shape index (κ2) is 10.6. The van der Waals surface area contributed by atoms with Gasteiger partial charge in [-0.1, -0.05) is 37.3 Å². The summed E-state index contributed by atoms with van der Waals surface area (Å²) in [5.41, 5.74) is 3.24. The van der Waals surface area contributed by atoms with Crippen LogP contribution in [0.1, 0.15) is 61.2 Å². The molecule has 2 N–H and O–H groups in total. The third kappa shape index (κ3) is 4.91. The van der Waals surface area contributed by atoms with E-state index in [9.17, 15) is 14.4 Å². The number of methoxy groups -OCH3 is 1. The number of carbonyl (C=O) groups excluding carboxylic acids is 3. The number of imidazole rings is 1. The number of rotatable bonds is 10. The molecule has 3 aromatic rings. The summed E-state index contributed by atoms with van der Waals surface area (Å²) in [5.74, 6) is -0.194. The minimum atomic E-state index is -1.23. The molecule has 36 heavy (non-hydrogen) atoms. The minimum absolute atomic E-state index is 0.0300. The van der Waals surface area contributed by atoms with Crippen molar-refractivity contribution in [2.45, 2.75) is 57.9 Å². The van der Waals surface area contributed by atoms with Gasteiger partial charge in [-0.3, -0.25) is 19.3 Å². The van der Waals surface area contributed by atoms with Gasteiger partial charge in [-0.2, -0.15) is 0 Å². The predicted molar refractivity (Wildman–Crippen MR) is 137 cm³/mol.